The summed E-state index contributed by atoms with van der Waals surface area (Å²) in [5.41, 5.74) is 4.24. The first-order valence-corrected chi connectivity index (χ1v) is 12.7. The number of hydrazone groups is 1. The Morgan fingerprint density at radius 2 is 1.62 bits per heavy atom. The van der Waals surface area contributed by atoms with Gasteiger partial charge in [0.15, 0.2) is 11.5 Å². The van der Waals surface area contributed by atoms with Crippen LogP contribution in [-0.2, 0) is 14.8 Å². The number of methoxy groups -OCH3 is 2. The van der Waals surface area contributed by atoms with Gasteiger partial charge in [-0.15, -0.1) is 0 Å². The van der Waals surface area contributed by atoms with Crippen molar-refractivity contribution in [2.24, 2.45) is 5.10 Å². The minimum Gasteiger partial charge on any atom is -0.493 e. The molecule has 0 aliphatic heterocycles. The summed E-state index contributed by atoms with van der Waals surface area (Å²) < 4.78 is 39.6. The lowest BCUT2D eigenvalue weighted by Crippen LogP contribution is -2.39. The lowest BCUT2D eigenvalue weighted by Gasteiger charge is -2.24. The van der Waals surface area contributed by atoms with E-state index in [9.17, 15) is 13.2 Å². The van der Waals surface area contributed by atoms with E-state index in [-0.39, 0.29) is 10.6 Å². The highest BCUT2D eigenvalue weighted by atomic mass is 127. The van der Waals surface area contributed by atoms with Gasteiger partial charge < -0.3 is 9.47 Å². The maximum absolute atomic E-state index is 13.5. The second kappa shape index (κ2) is 11.3. The van der Waals surface area contributed by atoms with Gasteiger partial charge >= 0.3 is 0 Å². The topological polar surface area (TPSA) is 97.3 Å². The third-order valence-electron chi connectivity index (χ3n) is 4.88. The molecule has 3 aromatic rings. The van der Waals surface area contributed by atoms with E-state index in [2.05, 4.69) is 33.1 Å². The summed E-state index contributed by atoms with van der Waals surface area (Å²) in [7, 11) is -1.23. The maximum atomic E-state index is 13.5. The van der Waals surface area contributed by atoms with Crippen molar-refractivity contribution in [2.45, 2.75) is 11.8 Å². The van der Waals surface area contributed by atoms with E-state index in [1.165, 1.54) is 32.4 Å². The summed E-state index contributed by atoms with van der Waals surface area (Å²) in [6.45, 7) is 1.29. The Hall–Kier alpha value is -3.12. The first-order chi connectivity index (χ1) is 16.3. The Labute approximate surface area is 212 Å². The van der Waals surface area contributed by atoms with Crippen molar-refractivity contribution in [3.8, 4) is 11.5 Å². The van der Waals surface area contributed by atoms with Gasteiger partial charge in [-0.3, -0.25) is 9.10 Å². The molecule has 0 unspecified atom stereocenters. The number of hydrogen-bond acceptors (Lipinski definition) is 6. The van der Waals surface area contributed by atoms with Gasteiger partial charge in [0.05, 0.1) is 30.5 Å². The molecule has 0 spiro atoms. The number of sulfonamides is 1. The molecule has 0 atom stereocenters. The van der Waals surface area contributed by atoms with Crippen LogP contribution in [0.2, 0.25) is 0 Å². The smallest absolute Gasteiger partial charge is 0.264 e. The van der Waals surface area contributed by atoms with Crippen LogP contribution in [0.4, 0.5) is 5.69 Å². The van der Waals surface area contributed by atoms with Gasteiger partial charge in [-0.2, -0.15) is 5.10 Å². The van der Waals surface area contributed by atoms with Crippen molar-refractivity contribution >= 4 is 49.9 Å². The molecule has 1 amide bonds. The standard InChI is InChI=1S/C24H24IN3O5S/c1-17(18-9-11-19(25)12-10-18)26-27-24(29)16-28(20-7-5-4-6-8-20)34(30,31)21-13-14-22(32-2)23(15-21)33-3/h4-15H,16H2,1-3H3,(H,27,29)/b26-17-. The van der Waals surface area contributed by atoms with Crippen LogP contribution in [0, 0.1) is 3.57 Å². The van der Waals surface area contributed by atoms with Crippen LogP contribution in [0.15, 0.2) is 82.8 Å². The zero-order chi connectivity index (χ0) is 24.7. The largest absolute Gasteiger partial charge is 0.493 e. The first-order valence-electron chi connectivity index (χ1n) is 10.1. The fourth-order valence-electron chi connectivity index (χ4n) is 3.08. The monoisotopic (exact) mass is 593 g/mol. The van der Waals surface area contributed by atoms with E-state index >= 15 is 0 Å². The zero-order valence-electron chi connectivity index (χ0n) is 18.9. The highest BCUT2D eigenvalue weighted by Crippen LogP contribution is 2.32. The fraction of sp³-hybridized carbons (Fsp3) is 0.167. The molecular weight excluding hydrogens is 569 g/mol. The molecule has 8 nitrogen and oxygen atoms in total. The number of anilines is 1. The number of hydrogen-bond donors (Lipinski definition) is 1. The molecule has 0 fully saturated rings. The lowest BCUT2D eigenvalue weighted by atomic mass is 10.1. The van der Waals surface area contributed by atoms with E-state index < -0.39 is 22.5 Å². The molecule has 178 valence electrons. The van der Waals surface area contributed by atoms with Gasteiger partial charge in [-0.1, -0.05) is 30.3 Å². The Kier molecular flexibility index (Phi) is 8.51. The molecule has 3 aromatic carbocycles. The molecule has 1 N–H and O–H groups in total. The van der Waals surface area contributed by atoms with E-state index in [0.717, 1.165) is 13.4 Å². The second-order valence-electron chi connectivity index (χ2n) is 7.10. The predicted octanol–water partition coefficient (Wildman–Crippen LogP) is 4.04. The summed E-state index contributed by atoms with van der Waals surface area (Å²) in [5, 5.41) is 4.13. The minimum atomic E-state index is -4.11. The second-order valence-corrected chi connectivity index (χ2v) is 10.2. The number of para-hydroxylation sites is 1. The van der Waals surface area contributed by atoms with Crippen molar-refractivity contribution in [2.75, 3.05) is 25.1 Å². The van der Waals surface area contributed by atoms with Gasteiger partial charge in [0.1, 0.15) is 6.54 Å². The summed E-state index contributed by atoms with van der Waals surface area (Å²) in [6.07, 6.45) is 0. The molecule has 10 heteroatoms. The fourth-order valence-corrected chi connectivity index (χ4v) is 4.88. The Bertz CT molecular complexity index is 1280. The van der Waals surface area contributed by atoms with Crippen molar-refractivity contribution in [1.29, 1.82) is 0 Å². The summed E-state index contributed by atoms with van der Waals surface area (Å²) in [6, 6.07) is 20.3. The number of ether oxygens (including phenoxy) is 2. The summed E-state index contributed by atoms with van der Waals surface area (Å²) in [4.78, 5) is 12.7. The third kappa shape index (κ3) is 6.06. The Morgan fingerprint density at radius 1 is 0.971 bits per heavy atom. The lowest BCUT2D eigenvalue weighted by molar-refractivity contribution is -0.119. The molecule has 0 bridgehead atoms. The number of carbonyl (C=O) groups is 1. The van der Waals surface area contributed by atoms with Crippen LogP contribution in [0.3, 0.4) is 0 Å². The van der Waals surface area contributed by atoms with E-state index in [4.69, 9.17) is 9.47 Å². The molecule has 0 aromatic heterocycles. The quantitative estimate of drug-likeness (QED) is 0.230. The van der Waals surface area contributed by atoms with E-state index in [1.54, 1.807) is 37.3 Å². The number of rotatable bonds is 9. The molecular formula is C24H24IN3O5S. The van der Waals surface area contributed by atoms with Crippen molar-refractivity contribution in [1.82, 2.24) is 5.43 Å². The van der Waals surface area contributed by atoms with Crippen molar-refractivity contribution in [3.05, 3.63) is 81.9 Å². The van der Waals surface area contributed by atoms with Crippen molar-refractivity contribution in [3.63, 3.8) is 0 Å². The van der Waals surface area contributed by atoms with Crippen LogP contribution < -0.4 is 19.2 Å². The van der Waals surface area contributed by atoms with Gasteiger partial charge in [0, 0.05) is 9.64 Å². The van der Waals surface area contributed by atoms with Crippen LogP contribution in [-0.4, -0.2) is 40.8 Å². The number of carbonyl (C=O) groups excluding carboxylic acids is 1. The Morgan fingerprint density at radius 3 is 2.24 bits per heavy atom. The molecule has 0 radical (unpaired) electrons. The molecule has 0 aliphatic carbocycles. The minimum absolute atomic E-state index is 0.0413. The maximum Gasteiger partial charge on any atom is 0.264 e. The molecule has 34 heavy (non-hydrogen) atoms. The van der Waals surface area contributed by atoms with Gasteiger partial charge in [-0.25, -0.2) is 13.8 Å². The number of nitrogens with one attached hydrogen (secondary N) is 1. The van der Waals surface area contributed by atoms with E-state index in [0.29, 0.717) is 17.1 Å². The molecule has 0 saturated carbocycles. The molecule has 0 saturated heterocycles. The molecule has 3 rings (SSSR count). The van der Waals surface area contributed by atoms with Crippen LogP contribution in [0.5, 0.6) is 11.5 Å². The predicted molar refractivity (Wildman–Crippen MR) is 140 cm³/mol. The average molecular weight is 593 g/mol. The highest BCUT2D eigenvalue weighted by molar-refractivity contribution is 14.1. The van der Waals surface area contributed by atoms with Gasteiger partial charge in [-0.05, 0) is 71.5 Å². The number of amides is 1. The summed E-state index contributed by atoms with van der Waals surface area (Å²) >= 11 is 2.20. The van der Waals surface area contributed by atoms with Crippen LogP contribution in [0.1, 0.15) is 12.5 Å². The number of benzene rings is 3. The normalized spacial score (nSPS) is 11.6. The zero-order valence-corrected chi connectivity index (χ0v) is 21.8. The highest BCUT2D eigenvalue weighted by Gasteiger charge is 2.28. The molecule has 0 heterocycles. The van der Waals surface area contributed by atoms with Crippen molar-refractivity contribution < 1.29 is 22.7 Å². The first kappa shape index (κ1) is 25.5. The number of nitrogens with zero attached hydrogens (tertiary/aromatic N) is 2. The average Bonchev–Trinajstić information content (AvgIpc) is 2.86. The van der Waals surface area contributed by atoms with Crippen LogP contribution >= 0.6 is 22.6 Å². The number of halogens is 1. The SMILES string of the molecule is COc1ccc(S(=O)(=O)N(CC(=O)N/N=C(/C)c2ccc(I)cc2)c2ccccc2)cc1OC. The van der Waals surface area contributed by atoms with Gasteiger partial charge in [0.25, 0.3) is 15.9 Å². The van der Waals surface area contributed by atoms with E-state index in [1.807, 2.05) is 24.3 Å². The Balaban J connectivity index is 1.89. The van der Waals surface area contributed by atoms with Crippen LogP contribution in [0.25, 0.3) is 0 Å². The third-order valence-corrected chi connectivity index (χ3v) is 7.37. The molecule has 0 aliphatic rings. The summed E-state index contributed by atoms with van der Waals surface area (Å²) in [5.74, 6) is 0.0717. The van der Waals surface area contributed by atoms with Gasteiger partial charge in [0.2, 0.25) is 0 Å².